The third-order valence-corrected chi connectivity index (χ3v) is 3.82. The molecule has 3 rings (SSSR count). The third-order valence-electron chi connectivity index (χ3n) is 3.82. The van der Waals surface area contributed by atoms with Gasteiger partial charge in [-0.15, -0.1) is 0 Å². The van der Waals surface area contributed by atoms with Crippen LogP contribution in [0.15, 0.2) is 53.5 Å². The molecule has 0 atom stereocenters. The zero-order chi connectivity index (χ0) is 18.5. The largest absolute Gasteiger partial charge is 0.493 e. The lowest BCUT2D eigenvalue weighted by Crippen LogP contribution is -2.29. The van der Waals surface area contributed by atoms with E-state index in [0.717, 1.165) is 16.5 Å². The number of rotatable bonds is 5. The molecule has 1 aromatic heterocycles. The Kier molecular flexibility index (Phi) is 4.98. The second-order valence-corrected chi connectivity index (χ2v) is 5.34. The van der Waals surface area contributed by atoms with Crippen LogP contribution in [0.5, 0.6) is 11.5 Å². The number of nitrogens with zero attached hydrogens (tertiary/aromatic N) is 2. The predicted octanol–water partition coefficient (Wildman–Crippen LogP) is 2.61. The molecule has 132 valence electrons. The van der Waals surface area contributed by atoms with Crippen molar-refractivity contribution in [2.45, 2.75) is 0 Å². The minimum atomic E-state index is -0.0000831. The molecule has 3 aromatic rings. The van der Waals surface area contributed by atoms with Gasteiger partial charge in [0.25, 0.3) is 0 Å². The first-order chi connectivity index (χ1) is 12.7. The molecule has 2 aromatic carbocycles. The first-order valence-corrected chi connectivity index (χ1v) is 7.83. The van der Waals surface area contributed by atoms with Crippen molar-refractivity contribution >= 4 is 29.0 Å². The van der Waals surface area contributed by atoms with Crippen molar-refractivity contribution in [2.75, 3.05) is 14.2 Å². The maximum Gasteiger partial charge on any atom is 0.213 e. The van der Waals surface area contributed by atoms with Crippen molar-refractivity contribution in [2.24, 2.45) is 10.7 Å². The summed E-state index contributed by atoms with van der Waals surface area (Å²) < 4.78 is 10.9. The molecule has 0 radical (unpaired) electrons. The quantitative estimate of drug-likeness (QED) is 0.419. The highest BCUT2D eigenvalue weighted by Gasteiger charge is 2.15. The Labute approximate surface area is 150 Å². The van der Waals surface area contributed by atoms with Crippen molar-refractivity contribution in [3.63, 3.8) is 0 Å². The number of nitrogens with one attached hydrogen (secondary N) is 1. The minimum absolute atomic E-state index is 0.0000831. The number of para-hydroxylation sites is 2. The summed E-state index contributed by atoms with van der Waals surface area (Å²) in [5.74, 6) is 1.18. The van der Waals surface area contributed by atoms with Crippen molar-refractivity contribution in [1.29, 1.82) is 0 Å². The van der Waals surface area contributed by atoms with E-state index in [-0.39, 0.29) is 5.96 Å². The Balaban J connectivity index is 2.26. The van der Waals surface area contributed by atoms with Crippen LogP contribution in [0.2, 0.25) is 0 Å². The van der Waals surface area contributed by atoms with Crippen LogP contribution in [0.25, 0.3) is 22.2 Å². The van der Waals surface area contributed by atoms with Crippen molar-refractivity contribution in [1.82, 2.24) is 10.3 Å². The highest BCUT2D eigenvalue weighted by molar-refractivity contribution is 5.97. The molecule has 0 aliphatic heterocycles. The number of ether oxygens (including phenoxy) is 2. The van der Waals surface area contributed by atoms with E-state index in [9.17, 15) is 4.79 Å². The van der Waals surface area contributed by atoms with Gasteiger partial charge in [0.1, 0.15) is 0 Å². The molecule has 0 fully saturated rings. The molecule has 7 heteroatoms. The van der Waals surface area contributed by atoms with Crippen molar-refractivity contribution in [3.05, 3.63) is 48.5 Å². The minimum Gasteiger partial charge on any atom is -0.493 e. The summed E-state index contributed by atoms with van der Waals surface area (Å²) in [5, 5.41) is 3.15. The number of pyridine rings is 1. The number of methoxy groups -OCH3 is 2. The average molecular weight is 350 g/mol. The topological polar surface area (TPSA) is 98.8 Å². The van der Waals surface area contributed by atoms with Crippen LogP contribution in [-0.2, 0) is 4.79 Å². The standard InChI is InChI=1S/C19H18N4O3/c1-25-17-9-5-7-13(18(17)26-2)16-10-15(23-19(20)21-11-24)12-6-3-4-8-14(12)22-16/h3-11H,1-2H3,(H3,20,21,22,23,24). The van der Waals surface area contributed by atoms with E-state index in [1.807, 2.05) is 42.5 Å². The van der Waals surface area contributed by atoms with Gasteiger partial charge in [-0.25, -0.2) is 9.98 Å². The van der Waals surface area contributed by atoms with Crippen LogP contribution in [-0.4, -0.2) is 31.6 Å². The van der Waals surface area contributed by atoms with Gasteiger partial charge >= 0.3 is 0 Å². The Morgan fingerprint density at radius 2 is 1.96 bits per heavy atom. The Bertz CT molecular complexity index is 986. The molecule has 26 heavy (non-hydrogen) atoms. The number of hydrogen-bond donors (Lipinski definition) is 2. The van der Waals surface area contributed by atoms with Gasteiger partial charge < -0.3 is 15.2 Å². The fourth-order valence-electron chi connectivity index (χ4n) is 2.70. The number of aromatic nitrogens is 1. The van der Waals surface area contributed by atoms with Crippen LogP contribution in [0.3, 0.4) is 0 Å². The maximum atomic E-state index is 10.6. The lowest BCUT2D eigenvalue weighted by molar-refractivity contribution is -0.108. The Hall–Kier alpha value is -3.61. The number of carbonyl (C=O) groups excluding carboxylic acids is 1. The highest BCUT2D eigenvalue weighted by atomic mass is 16.5. The second kappa shape index (κ2) is 7.52. The first kappa shape index (κ1) is 17.2. The van der Waals surface area contributed by atoms with E-state index in [1.165, 1.54) is 0 Å². The number of benzene rings is 2. The molecule has 0 saturated heterocycles. The first-order valence-electron chi connectivity index (χ1n) is 7.83. The van der Waals surface area contributed by atoms with E-state index in [1.54, 1.807) is 20.3 Å². The van der Waals surface area contributed by atoms with Gasteiger partial charge in [-0.3, -0.25) is 10.1 Å². The van der Waals surface area contributed by atoms with Gasteiger partial charge in [-0.2, -0.15) is 0 Å². The van der Waals surface area contributed by atoms with Gasteiger partial charge in [0.2, 0.25) is 6.41 Å². The molecule has 0 saturated carbocycles. The lowest BCUT2D eigenvalue weighted by atomic mass is 10.1. The SMILES string of the molecule is COc1cccc(-c2cc(N=C(N)NC=O)c3ccccc3n2)c1OC. The van der Waals surface area contributed by atoms with Crippen LogP contribution < -0.4 is 20.5 Å². The fraction of sp³-hybridized carbons (Fsp3) is 0.105. The summed E-state index contributed by atoms with van der Waals surface area (Å²) in [7, 11) is 3.16. The number of nitrogens with two attached hydrogens (primary N) is 1. The number of carbonyl (C=O) groups is 1. The molecule has 7 nitrogen and oxygen atoms in total. The zero-order valence-corrected chi connectivity index (χ0v) is 14.4. The van der Waals surface area contributed by atoms with Gasteiger partial charge in [0, 0.05) is 10.9 Å². The number of hydrogen-bond acceptors (Lipinski definition) is 5. The summed E-state index contributed by atoms with van der Waals surface area (Å²) in [6.45, 7) is 0. The Morgan fingerprint density at radius 1 is 1.15 bits per heavy atom. The van der Waals surface area contributed by atoms with Gasteiger partial charge in [-0.1, -0.05) is 24.3 Å². The highest BCUT2D eigenvalue weighted by Crippen LogP contribution is 2.39. The molecule has 1 amide bonds. The normalized spacial score (nSPS) is 11.2. The summed E-state index contributed by atoms with van der Waals surface area (Å²) in [6, 6.07) is 14.9. The van der Waals surface area contributed by atoms with E-state index in [2.05, 4.69) is 10.3 Å². The molecule has 0 unspecified atom stereocenters. The van der Waals surface area contributed by atoms with Crippen LogP contribution in [0.4, 0.5) is 5.69 Å². The molecule has 0 spiro atoms. The molecule has 0 aliphatic rings. The molecule has 0 aliphatic carbocycles. The molecular weight excluding hydrogens is 332 g/mol. The second-order valence-electron chi connectivity index (χ2n) is 5.34. The number of fused-ring (bicyclic) bond motifs is 1. The number of aliphatic imine (C=N–C) groups is 1. The van der Waals surface area contributed by atoms with Gasteiger partial charge in [-0.05, 0) is 24.3 Å². The summed E-state index contributed by atoms with van der Waals surface area (Å²) >= 11 is 0. The molecule has 3 N–H and O–H groups in total. The predicted molar refractivity (Wildman–Crippen MR) is 101 cm³/mol. The smallest absolute Gasteiger partial charge is 0.213 e. The third kappa shape index (κ3) is 3.27. The lowest BCUT2D eigenvalue weighted by Gasteiger charge is -2.13. The van der Waals surface area contributed by atoms with Crippen molar-refractivity contribution < 1.29 is 14.3 Å². The van der Waals surface area contributed by atoms with Crippen LogP contribution >= 0.6 is 0 Å². The number of guanidine groups is 1. The van der Waals surface area contributed by atoms with Crippen LogP contribution in [0, 0.1) is 0 Å². The number of amides is 1. The van der Waals surface area contributed by atoms with Crippen molar-refractivity contribution in [3.8, 4) is 22.8 Å². The monoisotopic (exact) mass is 350 g/mol. The molecular formula is C19H18N4O3. The van der Waals surface area contributed by atoms with Crippen LogP contribution in [0.1, 0.15) is 0 Å². The average Bonchev–Trinajstić information content (AvgIpc) is 2.67. The fourth-order valence-corrected chi connectivity index (χ4v) is 2.70. The van der Waals surface area contributed by atoms with Gasteiger partial charge in [0.05, 0.1) is 31.1 Å². The van der Waals surface area contributed by atoms with E-state index in [4.69, 9.17) is 20.2 Å². The maximum absolute atomic E-state index is 10.6. The van der Waals surface area contributed by atoms with E-state index in [0.29, 0.717) is 29.3 Å². The molecule has 1 heterocycles. The summed E-state index contributed by atoms with van der Waals surface area (Å²) in [4.78, 5) is 19.6. The molecule has 0 bridgehead atoms. The Morgan fingerprint density at radius 3 is 2.69 bits per heavy atom. The summed E-state index contributed by atoms with van der Waals surface area (Å²) in [6.07, 6.45) is 0.480. The van der Waals surface area contributed by atoms with E-state index >= 15 is 0 Å². The van der Waals surface area contributed by atoms with Gasteiger partial charge in [0.15, 0.2) is 17.5 Å². The zero-order valence-electron chi connectivity index (χ0n) is 14.4. The van der Waals surface area contributed by atoms with E-state index < -0.39 is 0 Å². The summed E-state index contributed by atoms with van der Waals surface area (Å²) in [5.41, 5.74) is 8.48.